The summed E-state index contributed by atoms with van der Waals surface area (Å²) in [6.07, 6.45) is 11.2. The molecule has 5 aliphatic rings. The van der Waals surface area contributed by atoms with Crippen molar-refractivity contribution >= 4 is 78.9 Å². The number of aromatic nitrogens is 2. The first-order valence-corrected chi connectivity index (χ1v) is 31.1. The lowest BCUT2D eigenvalue weighted by Crippen LogP contribution is -2.52. The average molecular weight is 1190 g/mol. The maximum Gasteiger partial charge on any atom is 0.293 e. The summed E-state index contributed by atoms with van der Waals surface area (Å²) < 4.78 is 36.5. The largest absolute Gasteiger partial charge is 0.455 e. The van der Waals surface area contributed by atoms with E-state index >= 15 is 0 Å². The quantitative estimate of drug-likeness (QED) is 0.0206. The summed E-state index contributed by atoms with van der Waals surface area (Å²) in [5.74, 6) is 5.23. The number of nitrogens with one attached hydrogen (secondary N) is 4. The third kappa shape index (κ3) is 13.7. The fraction of sp³-hybridized carbons (Fsp3) is 0.391. The number of carbonyl (C=O) groups excluding carboxylic acids is 4. The minimum absolute atomic E-state index is 0.0546. The number of H-pyrrole nitrogens is 1. The molecule has 2 aromatic heterocycles. The Labute approximate surface area is 499 Å². The number of rotatable bonds is 18. The number of piperidine rings is 2. The van der Waals surface area contributed by atoms with Crippen LogP contribution >= 0.6 is 11.6 Å². The fourth-order valence-corrected chi connectivity index (χ4v) is 13.4. The first-order valence-electron chi connectivity index (χ1n) is 29.2. The van der Waals surface area contributed by atoms with Crippen LogP contribution in [0.5, 0.6) is 11.5 Å². The molecule has 0 bridgehead atoms. The molecule has 4 aromatic carbocycles. The van der Waals surface area contributed by atoms with E-state index in [1.54, 1.807) is 42.6 Å². The lowest BCUT2D eigenvalue weighted by atomic mass is 9.72. The Morgan fingerprint density at radius 1 is 0.918 bits per heavy atom. The second kappa shape index (κ2) is 25.2. The minimum atomic E-state index is -4.62. The van der Waals surface area contributed by atoms with E-state index in [1.165, 1.54) is 39.9 Å². The molecule has 6 heterocycles. The minimum Gasteiger partial charge on any atom is -0.455 e. The van der Waals surface area contributed by atoms with Crippen LogP contribution in [0.15, 0.2) is 114 Å². The Bertz CT molecular complexity index is 3780. The zero-order valence-corrected chi connectivity index (χ0v) is 49.3. The number of allylic oxidation sites excluding steroid dienone is 1. The summed E-state index contributed by atoms with van der Waals surface area (Å²) in [6, 6.07) is 25.2. The zero-order chi connectivity index (χ0) is 59.4. The van der Waals surface area contributed by atoms with E-state index < -0.39 is 43.4 Å². The van der Waals surface area contributed by atoms with Crippen molar-refractivity contribution in [2.24, 2.45) is 11.3 Å². The Morgan fingerprint density at radius 2 is 1.72 bits per heavy atom. The third-order valence-corrected chi connectivity index (χ3v) is 18.7. The van der Waals surface area contributed by atoms with Crippen molar-refractivity contribution in [3.63, 3.8) is 0 Å². The standard InChI is InChI=1S/C64H69ClN10O9S/c1-64(2)25-21-46(53(37-64)44-11-13-47(65)14-12-44)40-72-30-32-73(33-31-72)48-15-17-52(58(35-48)84-49-34-45-22-26-66-60(45)68-39-49)61(77)70-85(82,83)50-16-18-55(57(36-50)75(80)81)67-38-42-23-28-71(29-24-42)27-6-4-3-5-8-43-9-7-10-51-54(43)41-74(63(51)79)56-19-20-59(76)69-62(56)78/h7,9-18,22,26,34-36,39,42,56,67H,3-4,6,19-21,23-25,27-33,37-38,40-41H2,1-2H3,(H,66,68)(H,70,77)(H,69,76,78). The summed E-state index contributed by atoms with van der Waals surface area (Å²) in [5, 5.41) is 19.5. The van der Waals surface area contributed by atoms with E-state index in [1.807, 2.05) is 24.3 Å². The number of aromatic amines is 1. The number of sulfonamides is 1. The van der Waals surface area contributed by atoms with Gasteiger partial charge < -0.3 is 29.7 Å². The molecule has 1 unspecified atom stereocenters. The number of imide groups is 1. The maximum atomic E-state index is 14.2. The first-order chi connectivity index (χ1) is 40.9. The summed E-state index contributed by atoms with van der Waals surface area (Å²) in [4.78, 5) is 79.1. The number of nitrogens with zero attached hydrogens (tertiary/aromatic N) is 6. The number of fused-ring (bicyclic) bond motifs is 2. The highest BCUT2D eigenvalue weighted by molar-refractivity contribution is 7.90. The smallest absolute Gasteiger partial charge is 0.293 e. The van der Waals surface area contributed by atoms with E-state index in [0.717, 1.165) is 118 Å². The number of pyridine rings is 1. The van der Waals surface area contributed by atoms with Crippen molar-refractivity contribution in [3.8, 4) is 23.3 Å². The molecule has 11 rings (SSSR count). The molecule has 442 valence electrons. The summed E-state index contributed by atoms with van der Waals surface area (Å²) >= 11 is 6.27. The molecule has 1 aliphatic carbocycles. The first kappa shape index (κ1) is 58.7. The second-order valence-electron chi connectivity index (χ2n) is 23.6. The topological polar surface area (TPSA) is 233 Å². The number of halogens is 1. The molecule has 4 aliphatic heterocycles. The molecule has 0 saturated carbocycles. The van der Waals surface area contributed by atoms with Crippen LogP contribution in [-0.4, -0.2) is 127 Å². The second-order valence-corrected chi connectivity index (χ2v) is 25.7. The Balaban J connectivity index is 0.680. The lowest BCUT2D eigenvalue weighted by Gasteiger charge is -2.39. The number of nitro benzene ring substituents is 1. The van der Waals surface area contributed by atoms with E-state index in [2.05, 4.69) is 77.8 Å². The van der Waals surface area contributed by atoms with Gasteiger partial charge in [0.25, 0.3) is 27.5 Å². The van der Waals surface area contributed by atoms with Gasteiger partial charge in [-0.25, -0.2) is 18.1 Å². The van der Waals surface area contributed by atoms with E-state index in [4.69, 9.17) is 16.3 Å². The van der Waals surface area contributed by atoms with Crippen LogP contribution in [0.2, 0.25) is 5.02 Å². The number of piperazine rings is 1. The van der Waals surface area contributed by atoms with Crippen LogP contribution < -0.4 is 25.0 Å². The predicted molar refractivity (Wildman–Crippen MR) is 326 cm³/mol. The molecule has 4 amide bonds. The van der Waals surface area contributed by atoms with Gasteiger partial charge in [0, 0.05) is 104 Å². The molecular weight excluding hydrogens is 1120 g/mol. The third-order valence-electron chi connectivity index (χ3n) is 17.2. The van der Waals surface area contributed by atoms with Gasteiger partial charge in [-0.3, -0.25) is 39.5 Å². The van der Waals surface area contributed by atoms with Crippen molar-refractivity contribution in [2.45, 2.75) is 95.5 Å². The maximum absolute atomic E-state index is 14.2. The highest BCUT2D eigenvalue weighted by atomic mass is 35.5. The molecular formula is C64H69ClN10O9S. The Morgan fingerprint density at radius 3 is 2.49 bits per heavy atom. The van der Waals surface area contributed by atoms with E-state index in [0.29, 0.717) is 49.4 Å². The van der Waals surface area contributed by atoms with Gasteiger partial charge in [0.2, 0.25) is 11.8 Å². The van der Waals surface area contributed by atoms with Gasteiger partial charge in [0.15, 0.2) is 0 Å². The van der Waals surface area contributed by atoms with Crippen LogP contribution in [-0.2, 0) is 26.2 Å². The molecule has 0 spiro atoms. The van der Waals surface area contributed by atoms with Gasteiger partial charge in [-0.05, 0) is 160 Å². The number of carbonyl (C=O) groups is 4. The number of benzene rings is 4. The normalized spacial score (nSPS) is 18.7. The summed E-state index contributed by atoms with van der Waals surface area (Å²) in [6.45, 7) is 11.9. The SMILES string of the molecule is CC1(C)CCC(CN2CCN(c3ccc(C(=O)NS(=O)(=O)c4ccc(NCC5CCN(CCCCC#Cc6cccc7c6CN(C6CCC(=O)NC6=O)C7=O)CC5)c([N+](=O)[O-])c4)c(Oc4cnc5[nH]ccc5c4)c3)CC2)=C(c2ccc(Cl)cc2)C1. The summed E-state index contributed by atoms with van der Waals surface area (Å²) in [7, 11) is -4.62. The van der Waals surface area contributed by atoms with E-state index in [-0.39, 0.29) is 53.1 Å². The molecule has 4 N–H and O–H groups in total. The van der Waals surface area contributed by atoms with Gasteiger partial charge in [0.05, 0.1) is 21.6 Å². The zero-order valence-electron chi connectivity index (χ0n) is 47.8. The Hall–Kier alpha value is -8.09. The highest BCUT2D eigenvalue weighted by Crippen LogP contribution is 2.44. The van der Waals surface area contributed by atoms with Crippen LogP contribution in [0.3, 0.4) is 0 Å². The lowest BCUT2D eigenvalue weighted by molar-refractivity contribution is -0.384. The van der Waals surface area contributed by atoms with Crippen molar-refractivity contribution in [1.82, 2.24) is 34.7 Å². The van der Waals surface area contributed by atoms with Gasteiger partial charge in [-0.1, -0.05) is 61.1 Å². The number of amides is 4. The molecule has 3 saturated heterocycles. The molecule has 1 atom stereocenters. The molecule has 0 radical (unpaired) electrons. The van der Waals surface area contributed by atoms with Gasteiger partial charge in [-0.2, -0.15) is 0 Å². The fourth-order valence-electron chi connectivity index (χ4n) is 12.3. The number of hydrogen-bond donors (Lipinski definition) is 4. The number of hydrogen-bond acceptors (Lipinski definition) is 14. The van der Waals surface area contributed by atoms with Crippen molar-refractivity contribution in [2.75, 3.05) is 69.1 Å². The molecule has 3 fully saturated rings. The Kier molecular flexibility index (Phi) is 17.4. The van der Waals surface area contributed by atoms with Crippen LogP contribution in [0.1, 0.15) is 115 Å². The monoisotopic (exact) mass is 1190 g/mol. The van der Waals surface area contributed by atoms with Crippen LogP contribution in [0.25, 0.3) is 16.6 Å². The number of likely N-dealkylation sites (tertiary alicyclic amines) is 1. The van der Waals surface area contributed by atoms with Gasteiger partial charge >= 0.3 is 0 Å². The van der Waals surface area contributed by atoms with E-state index in [9.17, 15) is 37.7 Å². The molecule has 21 heteroatoms. The van der Waals surface area contributed by atoms with Crippen molar-refractivity contribution < 1.29 is 37.3 Å². The number of nitro groups is 1. The number of unbranched alkanes of at least 4 members (excludes halogenated alkanes) is 2. The van der Waals surface area contributed by atoms with Crippen molar-refractivity contribution in [3.05, 3.63) is 152 Å². The molecule has 19 nitrogen and oxygen atoms in total. The average Bonchev–Trinajstić information content (AvgIpc) is 2.99. The summed E-state index contributed by atoms with van der Waals surface area (Å²) in [5.41, 5.74) is 7.53. The van der Waals surface area contributed by atoms with Gasteiger partial charge in [-0.15, -0.1) is 0 Å². The van der Waals surface area contributed by atoms with Crippen molar-refractivity contribution in [1.29, 1.82) is 0 Å². The highest BCUT2D eigenvalue weighted by Gasteiger charge is 2.40. The number of anilines is 2. The predicted octanol–water partition coefficient (Wildman–Crippen LogP) is 9.93. The van der Waals surface area contributed by atoms with Gasteiger partial charge in [0.1, 0.15) is 28.9 Å². The number of ether oxygens (including phenoxy) is 1. The van der Waals surface area contributed by atoms with Crippen LogP contribution in [0, 0.1) is 33.3 Å². The molecule has 85 heavy (non-hydrogen) atoms. The molecule has 6 aromatic rings. The van der Waals surface area contributed by atoms with Crippen LogP contribution in [0.4, 0.5) is 17.1 Å².